The van der Waals surface area contributed by atoms with E-state index >= 15 is 0 Å². The summed E-state index contributed by atoms with van der Waals surface area (Å²) in [5, 5.41) is 5.73. The van der Waals surface area contributed by atoms with Gasteiger partial charge in [-0.1, -0.05) is 30.3 Å². The molecular formula is C19H21N3O3. The maximum Gasteiger partial charge on any atom is 0.246 e. The fraction of sp³-hybridized carbons (Fsp3) is 0.263. The Morgan fingerprint density at radius 1 is 1.16 bits per heavy atom. The van der Waals surface area contributed by atoms with Gasteiger partial charge in [0.15, 0.2) is 0 Å². The Labute approximate surface area is 146 Å². The summed E-state index contributed by atoms with van der Waals surface area (Å²) in [7, 11) is 1.60. The molecule has 0 spiro atoms. The normalized spacial score (nSPS) is 16.0. The molecule has 0 unspecified atom stereocenters. The van der Waals surface area contributed by atoms with E-state index < -0.39 is 6.04 Å². The molecule has 1 saturated heterocycles. The molecule has 0 aliphatic carbocycles. The summed E-state index contributed by atoms with van der Waals surface area (Å²) in [6.45, 7) is 1.37. The fourth-order valence-corrected chi connectivity index (χ4v) is 2.93. The lowest BCUT2D eigenvalue weighted by Gasteiger charge is -2.33. The molecule has 1 aliphatic rings. The molecule has 2 amide bonds. The Morgan fingerprint density at radius 3 is 2.52 bits per heavy atom. The summed E-state index contributed by atoms with van der Waals surface area (Å²) in [5.41, 5.74) is 1.55. The number of nitrogens with zero attached hydrogens (tertiary/aromatic N) is 1. The number of nitrogens with one attached hydrogen (secondary N) is 2. The number of carbonyl (C=O) groups excluding carboxylic acids is 2. The second-order valence-corrected chi connectivity index (χ2v) is 5.85. The summed E-state index contributed by atoms with van der Waals surface area (Å²) in [4.78, 5) is 26.6. The van der Waals surface area contributed by atoms with E-state index in [-0.39, 0.29) is 18.4 Å². The van der Waals surface area contributed by atoms with Crippen LogP contribution < -0.4 is 15.4 Å². The van der Waals surface area contributed by atoms with E-state index in [1.807, 2.05) is 35.2 Å². The molecule has 6 heteroatoms. The number of benzene rings is 2. The summed E-state index contributed by atoms with van der Waals surface area (Å²) >= 11 is 0. The number of piperazine rings is 1. The molecule has 6 nitrogen and oxygen atoms in total. The number of amides is 2. The van der Waals surface area contributed by atoms with Gasteiger partial charge in [0.1, 0.15) is 11.8 Å². The Balaban J connectivity index is 1.82. The molecule has 2 aromatic rings. The highest BCUT2D eigenvalue weighted by Crippen LogP contribution is 2.24. The number of ether oxygens (including phenoxy) is 1. The van der Waals surface area contributed by atoms with Crippen LogP contribution >= 0.6 is 0 Å². The van der Waals surface area contributed by atoms with Gasteiger partial charge in [-0.05, 0) is 29.8 Å². The Kier molecular flexibility index (Phi) is 5.30. The van der Waals surface area contributed by atoms with E-state index in [0.29, 0.717) is 18.8 Å². The van der Waals surface area contributed by atoms with Crippen molar-refractivity contribution in [3.8, 4) is 5.75 Å². The lowest BCUT2D eigenvalue weighted by molar-refractivity contribution is -0.128. The number of methoxy groups -OCH3 is 1. The smallest absolute Gasteiger partial charge is 0.246 e. The molecule has 0 aromatic heterocycles. The monoisotopic (exact) mass is 339 g/mol. The molecule has 1 atom stereocenters. The van der Waals surface area contributed by atoms with Crippen molar-refractivity contribution in [3.63, 3.8) is 0 Å². The van der Waals surface area contributed by atoms with Crippen molar-refractivity contribution in [1.82, 2.24) is 10.2 Å². The zero-order chi connectivity index (χ0) is 17.6. The van der Waals surface area contributed by atoms with Gasteiger partial charge in [-0.3, -0.25) is 14.5 Å². The topological polar surface area (TPSA) is 70.7 Å². The predicted molar refractivity (Wildman–Crippen MR) is 95.4 cm³/mol. The van der Waals surface area contributed by atoms with Crippen LogP contribution in [0.25, 0.3) is 0 Å². The highest BCUT2D eigenvalue weighted by Gasteiger charge is 2.31. The molecule has 3 rings (SSSR count). The van der Waals surface area contributed by atoms with Crippen molar-refractivity contribution in [2.75, 3.05) is 32.1 Å². The number of hydrogen-bond donors (Lipinski definition) is 2. The van der Waals surface area contributed by atoms with Gasteiger partial charge >= 0.3 is 0 Å². The zero-order valence-corrected chi connectivity index (χ0v) is 14.1. The van der Waals surface area contributed by atoms with E-state index in [1.54, 1.807) is 31.4 Å². The van der Waals surface area contributed by atoms with E-state index in [0.717, 1.165) is 11.3 Å². The standard InChI is InChI=1S/C19H21N3O3/c1-25-16-9-7-15(8-10-16)21-19(24)18(14-5-3-2-4-6-14)22-12-11-20-17(23)13-22/h2-10,18H,11-13H2,1H3,(H,20,23)(H,21,24)/t18-/m1/s1. The average molecular weight is 339 g/mol. The van der Waals surface area contributed by atoms with Gasteiger partial charge in [0, 0.05) is 18.8 Å². The van der Waals surface area contributed by atoms with Crippen molar-refractivity contribution < 1.29 is 14.3 Å². The summed E-state index contributed by atoms with van der Waals surface area (Å²) < 4.78 is 5.13. The van der Waals surface area contributed by atoms with Crippen molar-refractivity contribution in [2.24, 2.45) is 0 Å². The minimum atomic E-state index is -0.519. The molecule has 2 aromatic carbocycles. The number of hydrogen-bond acceptors (Lipinski definition) is 4. The van der Waals surface area contributed by atoms with Gasteiger partial charge in [0.2, 0.25) is 11.8 Å². The average Bonchev–Trinajstić information content (AvgIpc) is 2.63. The lowest BCUT2D eigenvalue weighted by Crippen LogP contribution is -2.51. The molecule has 1 fully saturated rings. The summed E-state index contributed by atoms with van der Waals surface area (Å²) in [6.07, 6.45) is 0. The quantitative estimate of drug-likeness (QED) is 0.872. The molecule has 0 saturated carbocycles. The molecule has 0 radical (unpaired) electrons. The van der Waals surface area contributed by atoms with Crippen LogP contribution in [0.5, 0.6) is 5.75 Å². The van der Waals surface area contributed by atoms with Crippen LogP contribution in [-0.4, -0.2) is 43.5 Å². The molecule has 25 heavy (non-hydrogen) atoms. The Bertz CT molecular complexity index is 731. The summed E-state index contributed by atoms with van der Waals surface area (Å²) in [6, 6.07) is 16.2. The minimum absolute atomic E-state index is 0.0653. The van der Waals surface area contributed by atoms with Gasteiger partial charge in [-0.25, -0.2) is 0 Å². The maximum absolute atomic E-state index is 13.0. The van der Waals surface area contributed by atoms with Crippen LogP contribution in [0, 0.1) is 0 Å². The number of carbonyl (C=O) groups is 2. The zero-order valence-electron chi connectivity index (χ0n) is 14.1. The van der Waals surface area contributed by atoms with E-state index in [4.69, 9.17) is 4.74 Å². The van der Waals surface area contributed by atoms with E-state index in [2.05, 4.69) is 10.6 Å². The van der Waals surface area contributed by atoms with E-state index in [1.165, 1.54) is 0 Å². The van der Waals surface area contributed by atoms with E-state index in [9.17, 15) is 9.59 Å². The third-order valence-corrected chi connectivity index (χ3v) is 4.15. The first kappa shape index (κ1) is 17.0. The van der Waals surface area contributed by atoms with Gasteiger partial charge in [0.05, 0.1) is 13.7 Å². The number of anilines is 1. The van der Waals surface area contributed by atoms with Gasteiger partial charge < -0.3 is 15.4 Å². The third-order valence-electron chi connectivity index (χ3n) is 4.15. The predicted octanol–water partition coefficient (Wildman–Crippen LogP) is 1.81. The van der Waals surface area contributed by atoms with Crippen LogP contribution in [0.15, 0.2) is 54.6 Å². The maximum atomic E-state index is 13.0. The summed E-state index contributed by atoms with van der Waals surface area (Å²) in [5.74, 6) is 0.501. The van der Waals surface area contributed by atoms with Gasteiger partial charge in [-0.15, -0.1) is 0 Å². The van der Waals surface area contributed by atoms with Crippen LogP contribution in [0.1, 0.15) is 11.6 Å². The second kappa shape index (κ2) is 7.81. The van der Waals surface area contributed by atoms with Crippen LogP contribution in [0.2, 0.25) is 0 Å². The van der Waals surface area contributed by atoms with Crippen LogP contribution in [0.4, 0.5) is 5.69 Å². The first-order valence-corrected chi connectivity index (χ1v) is 8.18. The van der Waals surface area contributed by atoms with Gasteiger partial charge in [-0.2, -0.15) is 0 Å². The highest BCUT2D eigenvalue weighted by molar-refractivity contribution is 5.96. The lowest BCUT2D eigenvalue weighted by atomic mass is 10.0. The van der Waals surface area contributed by atoms with Crippen LogP contribution in [-0.2, 0) is 9.59 Å². The Morgan fingerprint density at radius 2 is 1.88 bits per heavy atom. The number of rotatable bonds is 5. The van der Waals surface area contributed by atoms with Crippen molar-refractivity contribution in [3.05, 3.63) is 60.2 Å². The van der Waals surface area contributed by atoms with Crippen molar-refractivity contribution in [1.29, 1.82) is 0 Å². The van der Waals surface area contributed by atoms with Crippen LogP contribution in [0.3, 0.4) is 0 Å². The second-order valence-electron chi connectivity index (χ2n) is 5.85. The molecule has 1 aliphatic heterocycles. The molecule has 130 valence electrons. The molecule has 2 N–H and O–H groups in total. The Hall–Kier alpha value is -2.86. The first-order chi connectivity index (χ1) is 12.2. The molecule has 0 bridgehead atoms. The first-order valence-electron chi connectivity index (χ1n) is 8.18. The fourth-order valence-electron chi connectivity index (χ4n) is 2.93. The highest BCUT2D eigenvalue weighted by atomic mass is 16.5. The minimum Gasteiger partial charge on any atom is -0.497 e. The van der Waals surface area contributed by atoms with Crippen molar-refractivity contribution >= 4 is 17.5 Å². The largest absolute Gasteiger partial charge is 0.497 e. The SMILES string of the molecule is COc1ccc(NC(=O)[C@@H](c2ccccc2)N2CCNC(=O)C2)cc1. The third kappa shape index (κ3) is 4.16. The molecule has 1 heterocycles. The molecular weight excluding hydrogens is 318 g/mol. The van der Waals surface area contributed by atoms with Gasteiger partial charge in [0.25, 0.3) is 0 Å². The van der Waals surface area contributed by atoms with Crippen molar-refractivity contribution in [2.45, 2.75) is 6.04 Å².